The van der Waals surface area contributed by atoms with Gasteiger partial charge >= 0.3 is 0 Å². The quantitative estimate of drug-likeness (QED) is 0.867. The van der Waals surface area contributed by atoms with E-state index in [0.717, 1.165) is 12.5 Å². The molecule has 0 aliphatic carbocycles. The molecule has 2 nitrogen and oxygen atoms in total. The van der Waals surface area contributed by atoms with Crippen molar-refractivity contribution in [3.05, 3.63) is 59.7 Å². The van der Waals surface area contributed by atoms with Gasteiger partial charge in [0, 0.05) is 31.0 Å². The zero-order chi connectivity index (χ0) is 15.4. The molecule has 0 aromatic heterocycles. The molecule has 22 heavy (non-hydrogen) atoms. The van der Waals surface area contributed by atoms with E-state index < -0.39 is 0 Å². The molecule has 0 spiro atoms. The molecule has 0 saturated carbocycles. The van der Waals surface area contributed by atoms with Crippen molar-refractivity contribution in [1.29, 1.82) is 0 Å². The lowest BCUT2D eigenvalue weighted by Crippen LogP contribution is -2.34. The van der Waals surface area contributed by atoms with Crippen LogP contribution in [0.1, 0.15) is 30.9 Å². The van der Waals surface area contributed by atoms with Crippen LogP contribution in [-0.4, -0.2) is 13.1 Å². The van der Waals surface area contributed by atoms with Gasteiger partial charge in [0.05, 0.1) is 0 Å². The first-order valence-corrected chi connectivity index (χ1v) is 8.35. The zero-order valence-electron chi connectivity index (χ0n) is 13.7. The van der Waals surface area contributed by atoms with Crippen LogP contribution in [0.3, 0.4) is 0 Å². The Bertz CT molecular complexity index is 603. The van der Waals surface area contributed by atoms with Gasteiger partial charge in [-0.1, -0.05) is 36.8 Å². The molecule has 0 amide bonds. The third-order valence-electron chi connectivity index (χ3n) is 4.47. The Labute approximate surface area is 134 Å². The number of rotatable bonds is 4. The minimum Gasteiger partial charge on any atom is -0.381 e. The van der Waals surface area contributed by atoms with Gasteiger partial charge in [-0.15, -0.1) is 0 Å². The molecule has 116 valence electrons. The minimum absolute atomic E-state index is 0.813. The molecular formula is C20H26N2. The van der Waals surface area contributed by atoms with Crippen LogP contribution in [0.4, 0.5) is 11.4 Å². The number of nitrogens with zero attached hydrogens (tertiary/aromatic N) is 1. The van der Waals surface area contributed by atoms with E-state index in [2.05, 4.69) is 72.6 Å². The summed E-state index contributed by atoms with van der Waals surface area (Å²) in [7, 11) is 0. The number of aryl methyl sites for hydroxylation is 1. The summed E-state index contributed by atoms with van der Waals surface area (Å²) >= 11 is 0. The Hall–Kier alpha value is -1.96. The highest BCUT2D eigenvalue weighted by molar-refractivity contribution is 5.55. The summed E-state index contributed by atoms with van der Waals surface area (Å²) in [6, 6.07) is 17.5. The molecule has 1 unspecified atom stereocenters. The molecule has 1 saturated heterocycles. The molecular weight excluding hydrogens is 268 g/mol. The maximum absolute atomic E-state index is 3.51. The Morgan fingerprint density at radius 1 is 1.14 bits per heavy atom. The second kappa shape index (κ2) is 6.87. The average molecular weight is 294 g/mol. The van der Waals surface area contributed by atoms with Crippen molar-refractivity contribution in [1.82, 2.24) is 0 Å². The fourth-order valence-corrected chi connectivity index (χ4v) is 3.24. The molecule has 2 aromatic carbocycles. The van der Waals surface area contributed by atoms with Gasteiger partial charge in [0.25, 0.3) is 0 Å². The van der Waals surface area contributed by atoms with Crippen LogP contribution in [0.25, 0.3) is 0 Å². The molecule has 0 radical (unpaired) electrons. The monoisotopic (exact) mass is 294 g/mol. The van der Waals surface area contributed by atoms with Crippen LogP contribution in [0, 0.1) is 12.8 Å². The van der Waals surface area contributed by atoms with E-state index in [1.807, 2.05) is 0 Å². The highest BCUT2D eigenvalue weighted by atomic mass is 15.1. The topological polar surface area (TPSA) is 15.3 Å². The summed E-state index contributed by atoms with van der Waals surface area (Å²) in [5.74, 6) is 0.813. The van der Waals surface area contributed by atoms with Crippen LogP contribution in [0.5, 0.6) is 0 Å². The first kappa shape index (κ1) is 15.0. The molecule has 3 rings (SSSR count). The SMILES string of the molecule is Cc1cccc(CNc2ccc(N3CCCC(C)C3)cc2)c1. The van der Waals surface area contributed by atoms with E-state index in [1.54, 1.807) is 0 Å². The van der Waals surface area contributed by atoms with Crippen LogP contribution >= 0.6 is 0 Å². The van der Waals surface area contributed by atoms with E-state index >= 15 is 0 Å². The smallest absolute Gasteiger partial charge is 0.0400 e. The molecule has 1 N–H and O–H groups in total. The number of benzene rings is 2. The van der Waals surface area contributed by atoms with Crippen molar-refractivity contribution in [3.8, 4) is 0 Å². The van der Waals surface area contributed by atoms with E-state index in [1.165, 1.54) is 48.4 Å². The maximum Gasteiger partial charge on any atom is 0.0400 e. The van der Waals surface area contributed by atoms with Gasteiger partial charge in [0.1, 0.15) is 0 Å². The average Bonchev–Trinajstić information content (AvgIpc) is 2.54. The molecule has 1 atom stereocenters. The fourth-order valence-electron chi connectivity index (χ4n) is 3.24. The summed E-state index contributed by atoms with van der Waals surface area (Å²) in [5, 5.41) is 3.51. The number of nitrogens with one attached hydrogen (secondary N) is 1. The minimum atomic E-state index is 0.813. The van der Waals surface area contributed by atoms with Gasteiger partial charge in [-0.05, 0) is 55.5 Å². The predicted octanol–water partition coefficient (Wildman–Crippen LogP) is 4.84. The Kier molecular flexibility index (Phi) is 4.67. The van der Waals surface area contributed by atoms with Gasteiger partial charge in [0.15, 0.2) is 0 Å². The van der Waals surface area contributed by atoms with Gasteiger partial charge in [-0.2, -0.15) is 0 Å². The van der Waals surface area contributed by atoms with E-state index in [0.29, 0.717) is 0 Å². The Balaban J connectivity index is 1.59. The Morgan fingerprint density at radius 2 is 1.95 bits per heavy atom. The normalized spacial score (nSPS) is 18.3. The molecule has 2 aromatic rings. The maximum atomic E-state index is 3.51. The number of piperidine rings is 1. The lowest BCUT2D eigenvalue weighted by Gasteiger charge is -2.32. The van der Waals surface area contributed by atoms with Crippen molar-refractivity contribution in [2.45, 2.75) is 33.2 Å². The van der Waals surface area contributed by atoms with Crippen molar-refractivity contribution >= 4 is 11.4 Å². The second-order valence-corrected chi connectivity index (χ2v) is 6.58. The summed E-state index contributed by atoms with van der Waals surface area (Å²) in [6.45, 7) is 7.75. The second-order valence-electron chi connectivity index (χ2n) is 6.58. The standard InChI is InChI=1S/C20H26N2/c1-16-5-3-7-18(13-16)14-21-19-8-10-20(11-9-19)22-12-4-6-17(2)15-22/h3,5,7-11,13,17,21H,4,6,12,14-15H2,1-2H3. The summed E-state index contributed by atoms with van der Waals surface area (Å²) in [5.41, 5.74) is 5.19. The van der Waals surface area contributed by atoms with E-state index in [4.69, 9.17) is 0 Å². The number of anilines is 2. The van der Waals surface area contributed by atoms with Gasteiger partial charge in [-0.25, -0.2) is 0 Å². The highest BCUT2D eigenvalue weighted by Gasteiger charge is 2.16. The van der Waals surface area contributed by atoms with Crippen LogP contribution in [-0.2, 0) is 6.54 Å². The van der Waals surface area contributed by atoms with Crippen molar-refractivity contribution in [2.24, 2.45) is 5.92 Å². The number of hydrogen-bond acceptors (Lipinski definition) is 2. The van der Waals surface area contributed by atoms with Gasteiger partial charge in [-0.3, -0.25) is 0 Å². The third-order valence-corrected chi connectivity index (χ3v) is 4.47. The summed E-state index contributed by atoms with van der Waals surface area (Å²) in [4.78, 5) is 2.51. The van der Waals surface area contributed by atoms with E-state index in [-0.39, 0.29) is 0 Å². The highest BCUT2D eigenvalue weighted by Crippen LogP contribution is 2.24. The van der Waals surface area contributed by atoms with E-state index in [9.17, 15) is 0 Å². The molecule has 1 fully saturated rings. The Morgan fingerprint density at radius 3 is 2.68 bits per heavy atom. The molecule has 2 heteroatoms. The molecule has 1 aliphatic heterocycles. The van der Waals surface area contributed by atoms with Crippen LogP contribution in [0.2, 0.25) is 0 Å². The van der Waals surface area contributed by atoms with Gasteiger partial charge < -0.3 is 10.2 Å². The third kappa shape index (κ3) is 3.82. The van der Waals surface area contributed by atoms with Crippen molar-refractivity contribution in [2.75, 3.05) is 23.3 Å². The molecule has 0 bridgehead atoms. The predicted molar refractivity (Wildman–Crippen MR) is 95.6 cm³/mol. The molecule has 1 heterocycles. The number of hydrogen-bond donors (Lipinski definition) is 1. The zero-order valence-corrected chi connectivity index (χ0v) is 13.7. The summed E-state index contributed by atoms with van der Waals surface area (Å²) in [6.07, 6.45) is 2.68. The lowest BCUT2D eigenvalue weighted by atomic mass is 10.00. The lowest BCUT2D eigenvalue weighted by molar-refractivity contribution is 0.447. The van der Waals surface area contributed by atoms with Crippen molar-refractivity contribution in [3.63, 3.8) is 0 Å². The van der Waals surface area contributed by atoms with Crippen LogP contribution < -0.4 is 10.2 Å². The first-order valence-electron chi connectivity index (χ1n) is 8.35. The van der Waals surface area contributed by atoms with Crippen molar-refractivity contribution < 1.29 is 0 Å². The largest absolute Gasteiger partial charge is 0.381 e. The van der Waals surface area contributed by atoms with Gasteiger partial charge in [0.2, 0.25) is 0 Å². The first-order chi connectivity index (χ1) is 10.7. The van der Waals surface area contributed by atoms with Crippen LogP contribution in [0.15, 0.2) is 48.5 Å². The summed E-state index contributed by atoms with van der Waals surface area (Å²) < 4.78 is 0. The molecule has 1 aliphatic rings. The fraction of sp³-hybridized carbons (Fsp3) is 0.400.